The average molecular weight is 233 g/mol. The van der Waals surface area contributed by atoms with Crippen molar-refractivity contribution in [2.45, 2.75) is 25.2 Å². The Bertz CT molecular complexity index is 550. The zero-order chi connectivity index (χ0) is 10.7. The first-order chi connectivity index (χ1) is 7.83. The molecule has 2 aliphatic rings. The lowest BCUT2D eigenvalue weighted by Crippen LogP contribution is -1.89. The van der Waals surface area contributed by atoms with Crippen LogP contribution in [-0.4, -0.2) is 9.97 Å². The molecule has 1 aromatic heterocycles. The first-order valence-electron chi connectivity index (χ1n) is 5.98. The van der Waals surface area contributed by atoms with Crippen LogP contribution in [0.5, 0.6) is 0 Å². The number of halogens is 1. The minimum absolute atomic E-state index is 0.708. The number of benzene rings is 1. The molecule has 82 valence electrons. The van der Waals surface area contributed by atoms with Gasteiger partial charge in [-0.3, -0.25) is 0 Å². The van der Waals surface area contributed by atoms with Crippen molar-refractivity contribution in [3.8, 4) is 0 Å². The van der Waals surface area contributed by atoms with Gasteiger partial charge in [0.25, 0.3) is 0 Å². The van der Waals surface area contributed by atoms with Crippen molar-refractivity contribution in [2.24, 2.45) is 11.8 Å². The number of aromatic nitrogens is 2. The van der Waals surface area contributed by atoms with E-state index >= 15 is 0 Å². The largest absolute Gasteiger partial charge is 0.342 e. The van der Waals surface area contributed by atoms with Crippen molar-refractivity contribution >= 4 is 22.6 Å². The van der Waals surface area contributed by atoms with Crippen LogP contribution in [0.3, 0.4) is 0 Å². The zero-order valence-electron chi connectivity index (χ0n) is 8.91. The van der Waals surface area contributed by atoms with Crippen molar-refractivity contribution in [2.75, 3.05) is 0 Å². The monoisotopic (exact) mass is 232 g/mol. The van der Waals surface area contributed by atoms with Crippen LogP contribution < -0.4 is 0 Å². The number of imidazole rings is 1. The van der Waals surface area contributed by atoms with Crippen molar-refractivity contribution in [1.82, 2.24) is 9.97 Å². The van der Waals surface area contributed by atoms with Crippen molar-refractivity contribution < 1.29 is 0 Å². The maximum atomic E-state index is 5.97. The molecule has 2 atom stereocenters. The van der Waals surface area contributed by atoms with Gasteiger partial charge in [-0.1, -0.05) is 18.0 Å². The number of fused-ring (bicyclic) bond motifs is 2. The summed E-state index contributed by atoms with van der Waals surface area (Å²) >= 11 is 5.97. The quantitative estimate of drug-likeness (QED) is 0.798. The molecular formula is C13H13ClN2. The third-order valence-corrected chi connectivity index (χ3v) is 4.42. The van der Waals surface area contributed by atoms with Crippen LogP contribution in [0.25, 0.3) is 11.0 Å². The fourth-order valence-electron chi connectivity index (χ4n) is 3.39. The van der Waals surface area contributed by atoms with E-state index in [2.05, 4.69) is 9.97 Å². The van der Waals surface area contributed by atoms with Gasteiger partial charge in [0.05, 0.1) is 11.0 Å². The van der Waals surface area contributed by atoms with E-state index in [1.54, 1.807) is 0 Å². The van der Waals surface area contributed by atoms with Gasteiger partial charge in [-0.05, 0) is 42.9 Å². The molecule has 1 N–H and O–H groups in total. The summed E-state index contributed by atoms with van der Waals surface area (Å²) in [6.07, 6.45) is 4.21. The van der Waals surface area contributed by atoms with Crippen LogP contribution in [0.1, 0.15) is 31.0 Å². The summed E-state index contributed by atoms with van der Waals surface area (Å²) in [5, 5.41) is 0.777. The Morgan fingerprint density at radius 2 is 2.06 bits per heavy atom. The molecule has 0 bridgehead atoms. The fraction of sp³-hybridized carbons (Fsp3) is 0.462. The highest BCUT2D eigenvalue weighted by Gasteiger charge is 2.54. The van der Waals surface area contributed by atoms with Gasteiger partial charge < -0.3 is 4.98 Å². The van der Waals surface area contributed by atoms with Crippen LogP contribution in [-0.2, 0) is 0 Å². The molecule has 1 aromatic carbocycles. The fourth-order valence-corrected chi connectivity index (χ4v) is 3.56. The second-order valence-electron chi connectivity index (χ2n) is 5.07. The lowest BCUT2D eigenvalue weighted by molar-refractivity contribution is 0.664. The van der Waals surface area contributed by atoms with Gasteiger partial charge in [-0.25, -0.2) is 4.98 Å². The van der Waals surface area contributed by atoms with Crippen LogP contribution in [0, 0.1) is 11.8 Å². The molecule has 2 fully saturated rings. The Kier molecular flexibility index (Phi) is 1.70. The summed E-state index contributed by atoms with van der Waals surface area (Å²) in [6, 6.07) is 5.86. The second-order valence-corrected chi connectivity index (χ2v) is 5.50. The Balaban J connectivity index is 1.76. The van der Waals surface area contributed by atoms with E-state index in [9.17, 15) is 0 Å². The van der Waals surface area contributed by atoms with E-state index in [0.717, 1.165) is 27.9 Å². The predicted octanol–water partition coefficient (Wildman–Crippen LogP) is 3.73. The highest BCUT2D eigenvalue weighted by atomic mass is 35.5. The summed E-state index contributed by atoms with van der Waals surface area (Å²) in [4.78, 5) is 8.12. The molecule has 2 aromatic rings. The summed E-state index contributed by atoms with van der Waals surface area (Å²) in [5.74, 6) is 3.72. The number of hydrogen-bond acceptors (Lipinski definition) is 1. The SMILES string of the molecule is Clc1ccc2nc(C3C4CCCC43)[nH]c2c1. The van der Waals surface area contributed by atoms with Gasteiger partial charge in [-0.2, -0.15) is 0 Å². The smallest absolute Gasteiger partial charge is 0.110 e. The van der Waals surface area contributed by atoms with Crippen LogP contribution >= 0.6 is 11.6 Å². The number of H-pyrrole nitrogens is 1. The summed E-state index contributed by atoms with van der Waals surface area (Å²) in [5.41, 5.74) is 2.12. The highest BCUT2D eigenvalue weighted by molar-refractivity contribution is 6.31. The Labute approximate surface area is 99.0 Å². The Hall–Kier alpha value is -1.02. The number of nitrogens with one attached hydrogen (secondary N) is 1. The Morgan fingerprint density at radius 1 is 1.25 bits per heavy atom. The summed E-state index contributed by atoms with van der Waals surface area (Å²) in [6.45, 7) is 0. The number of hydrogen-bond donors (Lipinski definition) is 1. The molecular weight excluding hydrogens is 220 g/mol. The van der Waals surface area contributed by atoms with Gasteiger partial charge in [0.2, 0.25) is 0 Å². The third-order valence-electron chi connectivity index (χ3n) is 4.18. The normalized spacial score (nSPS) is 31.9. The summed E-state index contributed by atoms with van der Waals surface area (Å²) < 4.78 is 0. The molecule has 0 amide bonds. The van der Waals surface area contributed by atoms with Gasteiger partial charge in [0.1, 0.15) is 5.82 Å². The highest BCUT2D eigenvalue weighted by Crippen LogP contribution is 2.62. The molecule has 2 saturated carbocycles. The minimum Gasteiger partial charge on any atom is -0.342 e. The van der Waals surface area contributed by atoms with Gasteiger partial charge in [-0.15, -0.1) is 0 Å². The molecule has 0 saturated heterocycles. The van der Waals surface area contributed by atoms with Gasteiger partial charge in [0, 0.05) is 10.9 Å². The molecule has 0 radical (unpaired) electrons. The molecule has 2 nitrogen and oxygen atoms in total. The average Bonchev–Trinajstić information content (AvgIpc) is 2.68. The molecule has 4 rings (SSSR count). The van der Waals surface area contributed by atoms with Crippen LogP contribution in [0.2, 0.25) is 5.02 Å². The zero-order valence-corrected chi connectivity index (χ0v) is 9.67. The second kappa shape index (κ2) is 3.01. The number of rotatable bonds is 1. The van der Waals surface area contributed by atoms with Crippen LogP contribution in [0.15, 0.2) is 18.2 Å². The standard InChI is InChI=1S/C13H13ClN2/c14-7-4-5-10-11(6-7)16-13(15-10)12-8-2-1-3-9(8)12/h4-6,8-9,12H,1-3H2,(H,15,16). The maximum Gasteiger partial charge on any atom is 0.110 e. The number of aromatic amines is 1. The van der Waals surface area contributed by atoms with E-state index in [4.69, 9.17) is 11.6 Å². The van der Waals surface area contributed by atoms with E-state index < -0.39 is 0 Å². The topological polar surface area (TPSA) is 28.7 Å². The molecule has 1 heterocycles. The lowest BCUT2D eigenvalue weighted by atomic mass is 10.1. The molecule has 2 aliphatic carbocycles. The predicted molar refractivity (Wildman–Crippen MR) is 64.7 cm³/mol. The van der Waals surface area contributed by atoms with E-state index in [1.807, 2.05) is 18.2 Å². The van der Waals surface area contributed by atoms with Crippen LogP contribution in [0.4, 0.5) is 0 Å². The molecule has 0 aliphatic heterocycles. The molecule has 0 spiro atoms. The van der Waals surface area contributed by atoms with Gasteiger partial charge in [0.15, 0.2) is 0 Å². The van der Waals surface area contributed by atoms with Crippen molar-refractivity contribution in [3.63, 3.8) is 0 Å². The minimum atomic E-state index is 0.708. The van der Waals surface area contributed by atoms with E-state index in [-0.39, 0.29) is 0 Å². The lowest BCUT2D eigenvalue weighted by Gasteiger charge is -1.97. The van der Waals surface area contributed by atoms with Gasteiger partial charge >= 0.3 is 0 Å². The maximum absolute atomic E-state index is 5.97. The molecule has 3 heteroatoms. The number of nitrogens with zero attached hydrogens (tertiary/aromatic N) is 1. The molecule has 16 heavy (non-hydrogen) atoms. The van der Waals surface area contributed by atoms with Crippen molar-refractivity contribution in [3.05, 3.63) is 29.0 Å². The third kappa shape index (κ3) is 1.17. The Morgan fingerprint density at radius 3 is 2.88 bits per heavy atom. The van der Waals surface area contributed by atoms with E-state index in [1.165, 1.54) is 25.1 Å². The summed E-state index contributed by atoms with van der Waals surface area (Å²) in [7, 11) is 0. The van der Waals surface area contributed by atoms with E-state index in [0.29, 0.717) is 5.92 Å². The molecule has 2 unspecified atom stereocenters. The van der Waals surface area contributed by atoms with Crippen molar-refractivity contribution in [1.29, 1.82) is 0 Å². The first kappa shape index (κ1) is 9.06. The first-order valence-corrected chi connectivity index (χ1v) is 6.36.